The maximum atomic E-state index is 2.42. The summed E-state index contributed by atoms with van der Waals surface area (Å²) >= 11 is 0. The van der Waals surface area contributed by atoms with Gasteiger partial charge in [0.2, 0.25) is 0 Å². The van der Waals surface area contributed by atoms with Crippen molar-refractivity contribution in [1.29, 1.82) is 0 Å². The zero-order chi connectivity index (χ0) is 8.27. The van der Waals surface area contributed by atoms with Crippen molar-refractivity contribution < 1.29 is 0 Å². The highest BCUT2D eigenvalue weighted by Crippen LogP contribution is 2.21. The van der Waals surface area contributed by atoms with Crippen molar-refractivity contribution in [2.45, 2.75) is 26.7 Å². The normalized spacial score (nSPS) is 27.9. The highest BCUT2D eigenvalue weighted by Gasteiger charge is 2.18. The van der Waals surface area contributed by atoms with Crippen LogP contribution < -0.4 is 0 Å². The molecule has 0 aromatic heterocycles. The summed E-state index contributed by atoms with van der Waals surface area (Å²) in [5.41, 5.74) is 1.55. The van der Waals surface area contributed by atoms with Gasteiger partial charge in [-0.15, -0.1) is 0 Å². The second kappa shape index (κ2) is 3.91. The van der Waals surface area contributed by atoms with Gasteiger partial charge in [-0.25, -0.2) is 0 Å². The summed E-state index contributed by atoms with van der Waals surface area (Å²) in [5.74, 6) is 0.927. The average molecular weight is 153 g/mol. The van der Waals surface area contributed by atoms with Gasteiger partial charge in [0.25, 0.3) is 0 Å². The van der Waals surface area contributed by atoms with E-state index in [1.165, 1.54) is 25.9 Å². The van der Waals surface area contributed by atoms with Crippen LogP contribution in [-0.4, -0.2) is 25.0 Å². The van der Waals surface area contributed by atoms with Gasteiger partial charge in [0.05, 0.1) is 0 Å². The predicted octanol–water partition coefficient (Wildman–Crippen LogP) is 2.29. The third-order valence-electron chi connectivity index (χ3n) is 2.59. The Bertz CT molecular complexity index is 149. The first-order valence-electron chi connectivity index (χ1n) is 4.52. The summed E-state index contributed by atoms with van der Waals surface area (Å²) < 4.78 is 0. The van der Waals surface area contributed by atoms with E-state index < -0.39 is 0 Å². The summed E-state index contributed by atoms with van der Waals surface area (Å²) in [7, 11) is 2.21. The Labute approximate surface area is 70.1 Å². The third kappa shape index (κ3) is 2.66. The molecule has 1 aliphatic heterocycles. The monoisotopic (exact) mass is 153 g/mol. The van der Waals surface area contributed by atoms with E-state index in [4.69, 9.17) is 0 Å². The summed E-state index contributed by atoms with van der Waals surface area (Å²) in [5, 5.41) is 0. The lowest BCUT2D eigenvalue weighted by Gasteiger charge is -2.09. The Morgan fingerprint density at radius 3 is 2.82 bits per heavy atom. The number of hydrogen-bond acceptors (Lipinski definition) is 1. The third-order valence-corrected chi connectivity index (χ3v) is 2.59. The molecule has 0 spiro atoms. The van der Waals surface area contributed by atoms with E-state index in [2.05, 4.69) is 31.9 Å². The molecule has 0 aliphatic carbocycles. The minimum absolute atomic E-state index is 0.927. The van der Waals surface area contributed by atoms with Crippen molar-refractivity contribution in [3.8, 4) is 0 Å². The topological polar surface area (TPSA) is 3.24 Å². The lowest BCUT2D eigenvalue weighted by Crippen LogP contribution is -2.13. The molecular weight excluding hydrogens is 134 g/mol. The Morgan fingerprint density at radius 1 is 1.64 bits per heavy atom. The van der Waals surface area contributed by atoms with E-state index in [0.29, 0.717) is 0 Å². The van der Waals surface area contributed by atoms with Gasteiger partial charge in [0.1, 0.15) is 0 Å². The Morgan fingerprint density at radius 2 is 2.36 bits per heavy atom. The SMILES string of the molecule is C/C=C(/C)CC1CCN(C)C1. The molecule has 1 atom stereocenters. The van der Waals surface area contributed by atoms with Crippen molar-refractivity contribution >= 4 is 0 Å². The van der Waals surface area contributed by atoms with Crippen LogP contribution in [0.15, 0.2) is 11.6 Å². The van der Waals surface area contributed by atoms with Crippen LogP contribution in [0.3, 0.4) is 0 Å². The van der Waals surface area contributed by atoms with Crippen molar-refractivity contribution in [2.75, 3.05) is 20.1 Å². The molecule has 0 bridgehead atoms. The highest BCUT2D eigenvalue weighted by molar-refractivity contribution is 4.98. The zero-order valence-electron chi connectivity index (χ0n) is 7.93. The molecule has 1 rings (SSSR count). The molecule has 0 aromatic rings. The highest BCUT2D eigenvalue weighted by atomic mass is 15.1. The van der Waals surface area contributed by atoms with Crippen LogP contribution in [0.4, 0.5) is 0 Å². The van der Waals surface area contributed by atoms with Gasteiger partial charge in [-0.1, -0.05) is 11.6 Å². The molecule has 0 amide bonds. The molecular formula is C10H19N. The molecule has 1 fully saturated rings. The van der Waals surface area contributed by atoms with Gasteiger partial charge in [0.15, 0.2) is 0 Å². The average Bonchev–Trinajstić information content (AvgIpc) is 2.35. The van der Waals surface area contributed by atoms with Crippen molar-refractivity contribution in [1.82, 2.24) is 4.90 Å². The molecule has 1 heteroatoms. The molecule has 0 saturated carbocycles. The van der Waals surface area contributed by atoms with E-state index in [-0.39, 0.29) is 0 Å². The molecule has 0 N–H and O–H groups in total. The van der Waals surface area contributed by atoms with Crippen molar-refractivity contribution in [2.24, 2.45) is 5.92 Å². The number of likely N-dealkylation sites (tertiary alicyclic amines) is 1. The van der Waals surface area contributed by atoms with Crippen LogP contribution in [0.25, 0.3) is 0 Å². The number of hydrogen-bond donors (Lipinski definition) is 0. The van der Waals surface area contributed by atoms with E-state index >= 15 is 0 Å². The number of nitrogens with zero attached hydrogens (tertiary/aromatic N) is 1. The van der Waals surface area contributed by atoms with E-state index in [0.717, 1.165) is 5.92 Å². The van der Waals surface area contributed by atoms with Crippen LogP contribution in [-0.2, 0) is 0 Å². The maximum absolute atomic E-state index is 2.42. The first kappa shape index (κ1) is 8.79. The Balaban J connectivity index is 2.28. The summed E-state index contributed by atoms with van der Waals surface area (Å²) in [6.07, 6.45) is 4.93. The van der Waals surface area contributed by atoms with Gasteiger partial charge in [0, 0.05) is 6.54 Å². The van der Waals surface area contributed by atoms with Crippen LogP contribution in [0.2, 0.25) is 0 Å². The fourth-order valence-corrected chi connectivity index (χ4v) is 1.77. The first-order valence-corrected chi connectivity index (χ1v) is 4.52. The van der Waals surface area contributed by atoms with Gasteiger partial charge < -0.3 is 4.90 Å². The predicted molar refractivity (Wildman–Crippen MR) is 49.7 cm³/mol. The fourth-order valence-electron chi connectivity index (χ4n) is 1.77. The van der Waals surface area contributed by atoms with Crippen LogP contribution in [0.1, 0.15) is 26.7 Å². The van der Waals surface area contributed by atoms with Crippen molar-refractivity contribution in [3.63, 3.8) is 0 Å². The molecule has 0 aromatic carbocycles. The van der Waals surface area contributed by atoms with Crippen LogP contribution >= 0.6 is 0 Å². The molecule has 0 radical (unpaired) electrons. The summed E-state index contributed by atoms with van der Waals surface area (Å²) in [4.78, 5) is 2.42. The number of allylic oxidation sites excluding steroid dienone is 2. The fraction of sp³-hybridized carbons (Fsp3) is 0.800. The lowest BCUT2D eigenvalue weighted by molar-refractivity contribution is 0.394. The molecule has 1 unspecified atom stereocenters. The summed E-state index contributed by atoms with van der Waals surface area (Å²) in [6.45, 7) is 6.96. The molecule has 1 nitrogen and oxygen atoms in total. The van der Waals surface area contributed by atoms with Crippen LogP contribution in [0.5, 0.6) is 0 Å². The first-order chi connectivity index (χ1) is 5.22. The van der Waals surface area contributed by atoms with Crippen LogP contribution in [0, 0.1) is 5.92 Å². The van der Waals surface area contributed by atoms with Crippen molar-refractivity contribution in [3.05, 3.63) is 11.6 Å². The second-order valence-corrected chi connectivity index (χ2v) is 3.76. The molecule has 64 valence electrons. The molecule has 11 heavy (non-hydrogen) atoms. The number of rotatable bonds is 2. The molecule has 1 heterocycles. The van der Waals surface area contributed by atoms with Gasteiger partial charge in [-0.05, 0) is 46.2 Å². The second-order valence-electron chi connectivity index (χ2n) is 3.76. The maximum Gasteiger partial charge on any atom is 0.00101 e. The van der Waals surface area contributed by atoms with Gasteiger partial charge in [-0.2, -0.15) is 0 Å². The van der Waals surface area contributed by atoms with E-state index in [1.54, 1.807) is 5.57 Å². The zero-order valence-corrected chi connectivity index (χ0v) is 7.93. The van der Waals surface area contributed by atoms with Gasteiger partial charge in [-0.3, -0.25) is 0 Å². The minimum atomic E-state index is 0.927. The van der Waals surface area contributed by atoms with E-state index in [9.17, 15) is 0 Å². The Hall–Kier alpha value is -0.300. The van der Waals surface area contributed by atoms with E-state index in [1.807, 2.05) is 0 Å². The summed E-state index contributed by atoms with van der Waals surface area (Å²) in [6, 6.07) is 0. The molecule has 1 saturated heterocycles. The largest absolute Gasteiger partial charge is 0.306 e. The lowest BCUT2D eigenvalue weighted by atomic mass is 10.00. The molecule has 1 aliphatic rings. The standard InChI is InChI=1S/C10H19N/c1-4-9(2)7-10-5-6-11(3)8-10/h4,10H,5-8H2,1-3H3/b9-4-. The minimum Gasteiger partial charge on any atom is -0.306 e. The van der Waals surface area contributed by atoms with Gasteiger partial charge >= 0.3 is 0 Å². The quantitative estimate of drug-likeness (QED) is 0.550. The Kier molecular flexibility index (Phi) is 3.13. The smallest absolute Gasteiger partial charge is 0.00101 e.